The lowest BCUT2D eigenvalue weighted by molar-refractivity contribution is -0.149. The van der Waals surface area contributed by atoms with Gasteiger partial charge in [0.2, 0.25) is 11.8 Å². The molecule has 0 aliphatic carbocycles. The summed E-state index contributed by atoms with van der Waals surface area (Å²) in [6, 6.07) is 6.88. The summed E-state index contributed by atoms with van der Waals surface area (Å²) in [4.78, 5) is 50.3. The van der Waals surface area contributed by atoms with Gasteiger partial charge in [0.25, 0.3) is 0 Å². The molecule has 10 nitrogen and oxygen atoms in total. The third-order valence-corrected chi connectivity index (χ3v) is 6.73. The van der Waals surface area contributed by atoms with Gasteiger partial charge in [-0.2, -0.15) is 0 Å². The van der Waals surface area contributed by atoms with E-state index in [1.807, 2.05) is 30.3 Å². The van der Waals surface area contributed by atoms with E-state index in [9.17, 15) is 29.4 Å². The lowest BCUT2D eigenvalue weighted by atomic mass is 10.0. The Kier molecular flexibility index (Phi) is 13.7. The lowest BCUT2D eigenvalue weighted by Crippen LogP contribution is -2.54. The Bertz CT molecular complexity index is 866. The smallest absolute Gasteiger partial charge is 0.326 e. The molecule has 206 valence electrons. The van der Waals surface area contributed by atoms with E-state index < -0.39 is 30.1 Å². The van der Waals surface area contributed by atoms with Gasteiger partial charge in [-0.05, 0) is 69.9 Å². The number of carboxylic acids is 2. The number of benzene rings is 1. The van der Waals surface area contributed by atoms with Crippen LogP contribution in [0.25, 0.3) is 0 Å². The summed E-state index contributed by atoms with van der Waals surface area (Å²) in [7, 11) is 0. The lowest BCUT2D eigenvalue weighted by Gasteiger charge is -2.29. The van der Waals surface area contributed by atoms with Crippen LogP contribution >= 0.6 is 0 Å². The highest BCUT2D eigenvalue weighted by Gasteiger charge is 2.38. The number of rotatable bonds is 18. The fourth-order valence-electron chi connectivity index (χ4n) is 4.64. The van der Waals surface area contributed by atoms with Crippen molar-refractivity contribution in [3.05, 3.63) is 35.9 Å². The molecule has 37 heavy (non-hydrogen) atoms. The van der Waals surface area contributed by atoms with Crippen molar-refractivity contribution in [2.45, 2.75) is 88.8 Å². The summed E-state index contributed by atoms with van der Waals surface area (Å²) in [5.74, 6) is -2.49. The molecule has 2 unspecified atom stereocenters. The van der Waals surface area contributed by atoms with Crippen molar-refractivity contribution in [1.82, 2.24) is 15.5 Å². The zero-order valence-electron chi connectivity index (χ0n) is 21.6. The number of nitrogens with two attached hydrogens (primary N) is 1. The molecule has 1 saturated heterocycles. The molecule has 1 aromatic carbocycles. The molecule has 6 N–H and O–H groups in total. The van der Waals surface area contributed by atoms with Crippen molar-refractivity contribution >= 4 is 23.8 Å². The van der Waals surface area contributed by atoms with E-state index in [4.69, 9.17) is 5.73 Å². The van der Waals surface area contributed by atoms with Gasteiger partial charge >= 0.3 is 11.9 Å². The Hall–Kier alpha value is -2.98. The first-order valence-corrected chi connectivity index (χ1v) is 13.4. The topological polar surface area (TPSA) is 162 Å². The summed E-state index contributed by atoms with van der Waals surface area (Å²) < 4.78 is 0. The quantitative estimate of drug-likeness (QED) is 0.184. The Morgan fingerprint density at radius 1 is 0.973 bits per heavy atom. The monoisotopic (exact) mass is 518 g/mol. The molecule has 1 aliphatic heterocycles. The average molecular weight is 519 g/mol. The number of unbranched alkanes of at least 4 members (excludes halogenated alkanes) is 3. The molecule has 0 spiro atoms. The van der Waals surface area contributed by atoms with Gasteiger partial charge in [0, 0.05) is 19.5 Å². The van der Waals surface area contributed by atoms with Gasteiger partial charge in [-0.1, -0.05) is 36.8 Å². The van der Waals surface area contributed by atoms with Crippen LogP contribution in [0.15, 0.2) is 30.3 Å². The molecule has 0 bridgehead atoms. The molecule has 0 aromatic heterocycles. The number of nitrogens with zero attached hydrogens (tertiary/aromatic N) is 1. The second kappa shape index (κ2) is 16.7. The van der Waals surface area contributed by atoms with E-state index in [-0.39, 0.29) is 11.8 Å². The minimum atomic E-state index is -1.05. The number of aryl methyl sites for hydroxylation is 1. The highest BCUT2D eigenvalue weighted by atomic mass is 16.4. The first kappa shape index (κ1) is 30.2. The normalized spacial score (nSPS) is 16.8. The van der Waals surface area contributed by atoms with Crippen LogP contribution in [0.4, 0.5) is 0 Å². The van der Waals surface area contributed by atoms with Crippen molar-refractivity contribution in [2.75, 3.05) is 19.6 Å². The largest absolute Gasteiger partial charge is 0.480 e. The number of nitrogens with one attached hydrogen (secondary N) is 2. The number of carbonyl (C=O) groups excluding carboxylic acids is 2. The zero-order chi connectivity index (χ0) is 27.0. The summed E-state index contributed by atoms with van der Waals surface area (Å²) in [6.45, 7) is 1.43. The van der Waals surface area contributed by atoms with Crippen LogP contribution in [-0.4, -0.2) is 76.6 Å². The molecule has 1 aromatic rings. The highest BCUT2D eigenvalue weighted by Crippen LogP contribution is 2.20. The van der Waals surface area contributed by atoms with Crippen molar-refractivity contribution in [1.29, 1.82) is 0 Å². The standard InChI is InChI=1S/C27H42N4O6/c28-17-7-2-5-14-24(32)29-18-8-6-12-21(25(33)31-19-9-13-23(31)27(36)37)30-22(26(34)35)16-15-20-10-3-1-4-11-20/h1,3-4,10-11,21-23,30H,2,5-9,12-19,28H2,(H,29,32)(H,34,35)(H,36,37)/t21-,22?,23?/m0/s1. The number of hydrogen-bond donors (Lipinski definition) is 5. The maximum Gasteiger partial charge on any atom is 0.326 e. The number of carboxylic acid groups (broad SMARTS) is 2. The fourth-order valence-corrected chi connectivity index (χ4v) is 4.64. The van der Waals surface area contributed by atoms with Crippen LogP contribution < -0.4 is 16.4 Å². The van der Waals surface area contributed by atoms with E-state index in [2.05, 4.69) is 10.6 Å². The fraction of sp³-hybridized carbons (Fsp3) is 0.630. The summed E-state index contributed by atoms with van der Waals surface area (Å²) in [5, 5.41) is 25.3. The Labute approximate surface area is 219 Å². The average Bonchev–Trinajstić information content (AvgIpc) is 3.38. The molecule has 1 heterocycles. The summed E-state index contributed by atoms with van der Waals surface area (Å²) in [6.07, 6.45) is 6.45. The van der Waals surface area contributed by atoms with Gasteiger partial charge in [-0.25, -0.2) is 4.79 Å². The van der Waals surface area contributed by atoms with Gasteiger partial charge in [0.05, 0.1) is 6.04 Å². The van der Waals surface area contributed by atoms with Crippen molar-refractivity contribution in [3.8, 4) is 0 Å². The van der Waals surface area contributed by atoms with Crippen LogP contribution in [0.3, 0.4) is 0 Å². The predicted octanol–water partition coefficient (Wildman–Crippen LogP) is 1.91. The molecule has 2 amide bonds. The SMILES string of the molecule is NCCCCCC(=O)NCCCC[C@H](NC(CCc1ccccc1)C(=O)O)C(=O)N1CCCC1C(=O)O. The number of aliphatic carboxylic acids is 2. The van der Waals surface area contributed by atoms with E-state index in [0.717, 1.165) is 24.8 Å². The van der Waals surface area contributed by atoms with Gasteiger partial charge in [0.15, 0.2) is 0 Å². The number of amides is 2. The van der Waals surface area contributed by atoms with E-state index in [0.29, 0.717) is 71.0 Å². The Balaban J connectivity index is 1.95. The number of likely N-dealkylation sites (tertiary alicyclic amines) is 1. The molecular formula is C27H42N4O6. The molecule has 3 atom stereocenters. The first-order chi connectivity index (χ1) is 17.8. The summed E-state index contributed by atoms with van der Waals surface area (Å²) >= 11 is 0. The maximum atomic E-state index is 13.4. The molecular weight excluding hydrogens is 476 g/mol. The Morgan fingerprint density at radius 2 is 1.73 bits per heavy atom. The van der Waals surface area contributed by atoms with Crippen molar-refractivity contribution in [3.63, 3.8) is 0 Å². The second-order valence-corrected chi connectivity index (χ2v) is 9.61. The molecule has 1 fully saturated rings. The van der Waals surface area contributed by atoms with Crippen molar-refractivity contribution in [2.24, 2.45) is 5.73 Å². The molecule has 0 radical (unpaired) electrons. The van der Waals surface area contributed by atoms with Crippen LogP contribution in [-0.2, 0) is 25.6 Å². The minimum absolute atomic E-state index is 0.0176. The van der Waals surface area contributed by atoms with Crippen molar-refractivity contribution < 1.29 is 29.4 Å². The molecule has 2 rings (SSSR count). The molecule has 1 aliphatic rings. The predicted molar refractivity (Wildman–Crippen MR) is 140 cm³/mol. The second-order valence-electron chi connectivity index (χ2n) is 9.61. The summed E-state index contributed by atoms with van der Waals surface area (Å²) in [5.41, 5.74) is 6.46. The van der Waals surface area contributed by atoms with E-state index in [1.54, 1.807) is 0 Å². The van der Waals surface area contributed by atoms with E-state index >= 15 is 0 Å². The van der Waals surface area contributed by atoms with Gasteiger partial charge in [0.1, 0.15) is 12.1 Å². The van der Waals surface area contributed by atoms with Gasteiger partial charge in [-0.3, -0.25) is 19.7 Å². The Morgan fingerprint density at radius 3 is 2.41 bits per heavy atom. The molecule has 10 heteroatoms. The van der Waals surface area contributed by atoms with Crippen LogP contribution in [0.1, 0.15) is 69.8 Å². The highest BCUT2D eigenvalue weighted by molar-refractivity contribution is 5.88. The third kappa shape index (κ3) is 10.9. The van der Waals surface area contributed by atoms with Gasteiger partial charge in [-0.15, -0.1) is 0 Å². The first-order valence-electron chi connectivity index (χ1n) is 13.4. The third-order valence-electron chi connectivity index (χ3n) is 6.73. The van der Waals surface area contributed by atoms with Gasteiger partial charge < -0.3 is 26.2 Å². The minimum Gasteiger partial charge on any atom is -0.480 e. The van der Waals surface area contributed by atoms with Crippen LogP contribution in [0.2, 0.25) is 0 Å². The maximum absolute atomic E-state index is 13.4. The zero-order valence-corrected chi connectivity index (χ0v) is 21.6. The molecule has 0 saturated carbocycles. The number of carbonyl (C=O) groups is 4. The van der Waals surface area contributed by atoms with Crippen LogP contribution in [0.5, 0.6) is 0 Å². The van der Waals surface area contributed by atoms with E-state index in [1.165, 1.54) is 4.90 Å². The van der Waals surface area contributed by atoms with Crippen LogP contribution in [0, 0.1) is 0 Å². The number of hydrogen-bond acceptors (Lipinski definition) is 6.